The van der Waals surface area contributed by atoms with Crippen molar-refractivity contribution in [3.8, 4) is 0 Å². The van der Waals surface area contributed by atoms with Gasteiger partial charge in [0.2, 0.25) is 0 Å². The van der Waals surface area contributed by atoms with Crippen LogP contribution in [0.5, 0.6) is 0 Å². The molecule has 8 heavy (non-hydrogen) atoms. The summed E-state index contributed by atoms with van der Waals surface area (Å²) in [6, 6.07) is 0. The Bertz CT molecular complexity index is 49.7. The van der Waals surface area contributed by atoms with Gasteiger partial charge >= 0.3 is 13.2 Å². The van der Waals surface area contributed by atoms with Crippen molar-refractivity contribution in [2.24, 2.45) is 0 Å². The van der Waals surface area contributed by atoms with Crippen LogP contribution in [0.2, 0.25) is 5.28 Å². The van der Waals surface area contributed by atoms with E-state index < -0.39 is 13.2 Å². The number of unbranched alkanes of at least 4 members (excludes halogenated alkanes) is 1. The van der Waals surface area contributed by atoms with Crippen molar-refractivity contribution in [1.82, 2.24) is 0 Å². The fourth-order valence-electron chi connectivity index (χ4n) is 0.503. The highest BCUT2D eigenvalue weighted by Crippen LogP contribution is 2.05. The summed E-state index contributed by atoms with van der Waals surface area (Å²) in [5.74, 6) is 0. The van der Waals surface area contributed by atoms with Crippen LogP contribution in [0.15, 0.2) is 0 Å². The molecule has 0 spiro atoms. The van der Waals surface area contributed by atoms with Gasteiger partial charge in [-0.2, -0.15) is 0 Å². The van der Waals surface area contributed by atoms with Crippen LogP contribution in [0, 0.1) is 0 Å². The first-order valence-electron chi connectivity index (χ1n) is 3.01. The highest BCUT2D eigenvalue weighted by molar-refractivity contribution is 7.09. The zero-order valence-electron chi connectivity index (χ0n) is 5.16. The third kappa shape index (κ3) is 5.25. The van der Waals surface area contributed by atoms with Gasteiger partial charge in [-0.25, -0.2) is 0 Å². The van der Waals surface area contributed by atoms with Gasteiger partial charge in [-0.15, -0.1) is 11.6 Å². The van der Waals surface area contributed by atoms with E-state index in [-0.39, 0.29) is 0 Å². The fourth-order valence-corrected chi connectivity index (χ4v) is 2.43. The van der Waals surface area contributed by atoms with Gasteiger partial charge in [0.1, 0.15) is 0 Å². The molecule has 0 N–H and O–H groups in total. The summed E-state index contributed by atoms with van der Waals surface area (Å²) in [4.78, 5) is 0. The molecule has 0 rings (SSSR count). The predicted molar refractivity (Wildman–Crippen MR) is 42.0 cm³/mol. The maximum Gasteiger partial charge on any atom is 0.414 e. The Morgan fingerprint density at radius 1 is 1.50 bits per heavy atom. The van der Waals surface area contributed by atoms with Crippen LogP contribution in [0.4, 0.5) is 0 Å². The monoisotopic (exact) mass is 168 g/mol. The van der Waals surface area contributed by atoms with Crippen molar-refractivity contribution < 1.29 is 0 Å². The van der Waals surface area contributed by atoms with E-state index in [1.165, 1.54) is 18.1 Å². The van der Waals surface area contributed by atoms with Crippen LogP contribution in [-0.2, 0) is 0 Å². The molecule has 0 aliphatic rings. The van der Waals surface area contributed by atoms with E-state index in [0.29, 0.717) is 0 Å². The number of hydrogen-bond donors (Lipinski definition) is 0. The maximum atomic E-state index is 5.85. The van der Waals surface area contributed by atoms with Crippen molar-refractivity contribution in [3.63, 3.8) is 0 Å². The quantitative estimate of drug-likeness (QED) is 0.448. The number of hydrogen-bond acceptors (Lipinski definition) is 0. The summed E-state index contributed by atoms with van der Waals surface area (Å²) in [6.45, 7) is 2.17. The number of alkyl halides is 1. The molecule has 0 bridgehead atoms. The largest absolute Gasteiger partial charge is 0.414 e. The van der Waals surface area contributed by atoms with Gasteiger partial charge in [-0.3, -0.25) is 10.0 Å². The first-order valence-corrected chi connectivity index (χ1v) is 6.92. The van der Waals surface area contributed by atoms with Crippen molar-refractivity contribution in [3.05, 3.63) is 0 Å². The summed E-state index contributed by atoms with van der Waals surface area (Å²) in [5, 5.41) is 1.20. The molecule has 0 aromatic rings. The van der Waals surface area contributed by atoms with Crippen LogP contribution >= 0.6 is 21.7 Å². The van der Waals surface area contributed by atoms with Crippen LogP contribution < -0.4 is 0 Å². The van der Waals surface area contributed by atoms with Crippen molar-refractivity contribution >= 4 is 34.9 Å². The minimum atomic E-state index is -0.961. The lowest BCUT2D eigenvalue weighted by Crippen LogP contribution is -2.04. The molecule has 0 fully saturated rings. The molecular weight excluding hydrogens is 158 g/mol. The summed E-state index contributed by atoms with van der Waals surface area (Å²) < 4.78 is 0.724. The minimum Gasteiger partial charge on any atom is -0.260 e. The molecule has 0 nitrogen and oxygen atoms in total. The second-order valence-corrected chi connectivity index (χ2v) is 6.75. The van der Waals surface area contributed by atoms with E-state index in [1.807, 2.05) is 0 Å². The lowest BCUT2D eigenvalue weighted by molar-refractivity contribution is 0.878. The Kier molecular flexibility index (Phi) is 7.10. The van der Waals surface area contributed by atoms with E-state index in [0.717, 1.165) is 4.74 Å². The molecule has 3 heteroatoms. The second kappa shape index (κ2) is 6.24. The average molecular weight is 169 g/mol. The molecule has 0 heterocycles. The molecule has 0 aliphatic heterocycles. The van der Waals surface area contributed by atoms with Crippen LogP contribution in [0.1, 0.15) is 19.8 Å². The lowest BCUT2D eigenvalue weighted by atomic mass is 10.4. The van der Waals surface area contributed by atoms with Crippen LogP contribution in [-0.4, -0.2) is 18.0 Å². The van der Waals surface area contributed by atoms with Gasteiger partial charge in [0.15, 0.2) is 0 Å². The Balaban J connectivity index is 2.86. The normalized spacial score (nSPS) is 9.38. The molecule has 0 atom stereocenters. The van der Waals surface area contributed by atoms with Gasteiger partial charge in [0.05, 0.1) is 0 Å². The molecule has 0 radical (unpaired) electrons. The molecule has 0 aromatic heterocycles. The zero-order chi connectivity index (χ0) is 6.41. The fraction of sp³-hybridized carbons (Fsp3) is 1.00. The van der Waals surface area contributed by atoms with E-state index in [9.17, 15) is 0 Å². The van der Waals surface area contributed by atoms with E-state index in [2.05, 4.69) is 6.92 Å². The minimum absolute atomic E-state index is 0.724. The Hall–Kier alpha value is 1.11. The van der Waals surface area contributed by atoms with Crippen molar-refractivity contribution in [1.29, 1.82) is 0 Å². The summed E-state index contributed by atoms with van der Waals surface area (Å²) in [7, 11) is 5.85. The molecule has 0 saturated heterocycles. The summed E-state index contributed by atoms with van der Waals surface area (Å²) in [6.07, 6.45) is 2.50. The smallest absolute Gasteiger partial charge is 0.260 e. The molecule has 0 amide bonds. The molecule has 0 unspecified atom stereocenters. The van der Waals surface area contributed by atoms with Crippen molar-refractivity contribution in [2.75, 3.05) is 4.74 Å². The van der Waals surface area contributed by atoms with Gasteiger partial charge < -0.3 is 0 Å². The Labute approximate surface area is 64.8 Å². The number of rotatable bonds is 4. The van der Waals surface area contributed by atoms with Crippen molar-refractivity contribution in [2.45, 2.75) is 25.0 Å². The molecule has 48 valence electrons. The lowest BCUT2D eigenvalue weighted by Gasteiger charge is -1.94. The SMILES string of the molecule is CCC[CH2][Al]([Cl])[CH2]Cl. The van der Waals surface area contributed by atoms with E-state index in [1.54, 1.807) is 0 Å². The molecular formula is C5H11AlCl2. The van der Waals surface area contributed by atoms with Gasteiger partial charge in [0.25, 0.3) is 0 Å². The predicted octanol–water partition coefficient (Wildman–Crippen LogP) is 2.79. The third-order valence-corrected chi connectivity index (χ3v) is 5.12. The molecule has 0 aliphatic carbocycles. The van der Waals surface area contributed by atoms with Crippen LogP contribution in [0.3, 0.4) is 0 Å². The number of halogens is 2. The average Bonchev–Trinajstić information content (AvgIpc) is 1.83. The topological polar surface area (TPSA) is 0 Å². The Morgan fingerprint density at radius 3 is 2.50 bits per heavy atom. The van der Waals surface area contributed by atoms with E-state index in [4.69, 9.17) is 21.7 Å². The zero-order valence-corrected chi connectivity index (χ0v) is 7.83. The maximum absolute atomic E-state index is 5.85. The Morgan fingerprint density at radius 2 is 2.12 bits per heavy atom. The van der Waals surface area contributed by atoms with Gasteiger partial charge in [-0.1, -0.05) is 25.0 Å². The van der Waals surface area contributed by atoms with Gasteiger partial charge in [0, 0.05) is 0 Å². The summed E-state index contributed by atoms with van der Waals surface area (Å²) in [5.41, 5.74) is 0. The first-order chi connectivity index (χ1) is 3.81. The highest BCUT2D eigenvalue weighted by atomic mass is 35.6. The van der Waals surface area contributed by atoms with E-state index >= 15 is 0 Å². The van der Waals surface area contributed by atoms with Crippen LogP contribution in [0.25, 0.3) is 0 Å². The summed E-state index contributed by atoms with van der Waals surface area (Å²) >= 11 is 4.56. The third-order valence-electron chi connectivity index (χ3n) is 1.04. The standard InChI is InChI=1S/C4H9.CH2Cl.Al.ClH/c1-3-4-2;1-2;;/h1,3-4H2,2H3;1H2;;1H/q;;+1;/p-1. The molecule has 0 aromatic carbocycles. The van der Waals surface area contributed by atoms with Gasteiger partial charge in [-0.05, 0) is 4.74 Å². The second-order valence-electron chi connectivity index (χ2n) is 1.89. The first kappa shape index (κ1) is 9.11. The highest BCUT2D eigenvalue weighted by Gasteiger charge is 2.10. The molecule has 0 saturated carbocycles.